The minimum absolute atomic E-state index is 0.273. The van der Waals surface area contributed by atoms with Crippen LogP contribution >= 0.6 is 0 Å². The van der Waals surface area contributed by atoms with Crippen molar-refractivity contribution < 1.29 is 4.42 Å². The van der Waals surface area contributed by atoms with E-state index in [9.17, 15) is 0 Å². The Morgan fingerprint density at radius 1 is 1.26 bits per heavy atom. The number of nitrogens with zero attached hydrogens (tertiary/aromatic N) is 1. The zero-order valence-electron chi connectivity index (χ0n) is 11.6. The molecule has 3 heteroatoms. The lowest BCUT2D eigenvalue weighted by Crippen LogP contribution is -2.31. The number of furan rings is 1. The van der Waals surface area contributed by atoms with Gasteiger partial charge in [0.05, 0.1) is 6.04 Å². The lowest BCUT2D eigenvalue weighted by Gasteiger charge is -2.17. The number of fused-ring (bicyclic) bond motifs is 1. The van der Waals surface area contributed by atoms with E-state index >= 15 is 0 Å². The highest BCUT2D eigenvalue weighted by atomic mass is 16.3. The first kappa shape index (κ1) is 12.7. The zero-order chi connectivity index (χ0) is 13.1. The van der Waals surface area contributed by atoms with Crippen LogP contribution in [-0.2, 0) is 0 Å². The highest BCUT2D eigenvalue weighted by molar-refractivity contribution is 5.77. The van der Waals surface area contributed by atoms with Gasteiger partial charge in [-0.2, -0.15) is 0 Å². The maximum atomic E-state index is 5.88. The maximum Gasteiger partial charge on any atom is 0.134 e. The molecule has 0 amide bonds. The second-order valence-electron chi connectivity index (χ2n) is 5.41. The first-order chi connectivity index (χ1) is 9.33. The number of rotatable bonds is 5. The molecule has 2 aromatic rings. The molecule has 102 valence electrons. The van der Waals surface area contributed by atoms with Crippen molar-refractivity contribution in [1.29, 1.82) is 0 Å². The molecule has 19 heavy (non-hydrogen) atoms. The molecule has 1 aromatic carbocycles. The Morgan fingerprint density at radius 2 is 2.05 bits per heavy atom. The fraction of sp³-hybridized carbons (Fsp3) is 0.500. The van der Waals surface area contributed by atoms with E-state index in [1.165, 1.54) is 31.3 Å². The molecule has 1 saturated heterocycles. The smallest absolute Gasteiger partial charge is 0.134 e. The molecule has 3 nitrogen and oxygen atoms in total. The summed E-state index contributed by atoms with van der Waals surface area (Å²) in [5.41, 5.74) is 0.977. The van der Waals surface area contributed by atoms with Gasteiger partial charge in [-0.15, -0.1) is 0 Å². The van der Waals surface area contributed by atoms with Gasteiger partial charge in [0, 0.05) is 18.5 Å². The third-order valence-electron chi connectivity index (χ3n) is 3.95. The van der Waals surface area contributed by atoms with Crippen molar-refractivity contribution in [1.82, 2.24) is 10.2 Å². The molecule has 1 aliphatic heterocycles. The molecule has 0 radical (unpaired) electrons. The topological polar surface area (TPSA) is 28.4 Å². The number of hydrogen-bond acceptors (Lipinski definition) is 3. The van der Waals surface area contributed by atoms with Gasteiger partial charge in [0.2, 0.25) is 0 Å². The predicted octanol–water partition coefficient (Wildman–Crippen LogP) is 3.18. The summed E-state index contributed by atoms with van der Waals surface area (Å²) >= 11 is 0. The fourth-order valence-electron chi connectivity index (χ4n) is 2.76. The van der Waals surface area contributed by atoms with Crippen LogP contribution in [0.3, 0.4) is 0 Å². The Labute approximate surface area is 114 Å². The third kappa shape index (κ3) is 2.99. The number of likely N-dealkylation sites (tertiary alicyclic amines) is 1. The van der Waals surface area contributed by atoms with Gasteiger partial charge in [-0.05, 0) is 45.0 Å². The van der Waals surface area contributed by atoms with Gasteiger partial charge in [-0.1, -0.05) is 18.2 Å². The largest absolute Gasteiger partial charge is 0.459 e. The molecule has 0 bridgehead atoms. The van der Waals surface area contributed by atoms with E-state index in [0.717, 1.165) is 24.4 Å². The van der Waals surface area contributed by atoms with Crippen LogP contribution in [0.1, 0.15) is 31.6 Å². The summed E-state index contributed by atoms with van der Waals surface area (Å²) < 4.78 is 5.88. The van der Waals surface area contributed by atoms with Crippen LogP contribution < -0.4 is 5.32 Å². The average Bonchev–Trinajstić information content (AvgIpc) is 3.07. The minimum Gasteiger partial charge on any atom is -0.459 e. The van der Waals surface area contributed by atoms with E-state index in [0.29, 0.717) is 0 Å². The summed E-state index contributed by atoms with van der Waals surface area (Å²) in [4.78, 5) is 2.53. The highest BCUT2D eigenvalue weighted by Crippen LogP contribution is 2.23. The van der Waals surface area contributed by atoms with Gasteiger partial charge in [0.25, 0.3) is 0 Å². The van der Waals surface area contributed by atoms with Gasteiger partial charge < -0.3 is 14.6 Å². The Kier molecular flexibility index (Phi) is 3.85. The molecule has 1 atom stereocenters. The van der Waals surface area contributed by atoms with Gasteiger partial charge in [-0.25, -0.2) is 0 Å². The standard InChI is InChI=1S/C16H22N2O/c1-13(17-8-11-18-9-4-5-10-18)16-12-14-6-2-3-7-15(14)19-16/h2-3,6-7,12-13,17H,4-5,8-11H2,1H3. The van der Waals surface area contributed by atoms with Crippen LogP contribution in [0.2, 0.25) is 0 Å². The van der Waals surface area contributed by atoms with Crippen molar-refractivity contribution in [2.45, 2.75) is 25.8 Å². The minimum atomic E-state index is 0.273. The fourth-order valence-corrected chi connectivity index (χ4v) is 2.76. The molecule has 0 saturated carbocycles. The molecule has 0 aliphatic carbocycles. The maximum absolute atomic E-state index is 5.88. The molecule has 1 N–H and O–H groups in total. The molecular weight excluding hydrogens is 236 g/mol. The van der Waals surface area contributed by atoms with Crippen molar-refractivity contribution >= 4 is 11.0 Å². The van der Waals surface area contributed by atoms with E-state index in [2.05, 4.69) is 29.3 Å². The molecule has 1 aliphatic rings. The average molecular weight is 258 g/mol. The summed E-state index contributed by atoms with van der Waals surface area (Å²) in [5.74, 6) is 1.03. The Bertz CT molecular complexity index is 495. The second-order valence-corrected chi connectivity index (χ2v) is 5.41. The summed E-state index contributed by atoms with van der Waals surface area (Å²) in [7, 11) is 0. The second kappa shape index (κ2) is 5.76. The Morgan fingerprint density at radius 3 is 2.84 bits per heavy atom. The van der Waals surface area contributed by atoms with Crippen LogP contribution in [0.15, 0.2) is 34.7 Å². The summed E-state index contributed by atoms with van der Waals surface area (Å²) in [6, 6.07) is 10.6. The van der Waals surface area contributed by atoms with Crippen LogP contribution in [-0.4, -0.2) is 31.1 Å². The molecule has 1 fully saturated rings. The summed E-state index contributed by atoms with van der Waals surface area (Å²) in [6.45, 7) is 6.87. The van der Waals surface area contributed by atoms with E-state index in [1.807, 2.05) is 18.2 Å². The van der Waals surface area contributed by atoms with E-state index in [1.54, 1.807) is 0 Å². The van der Waals surface area contributed by atoms with E-state index in [4.69, 9.17) is 4.42 Å². The normalized spacial score (nSPS) is 18.2. The van der Waals surface area contributed by atoms with Crippen LogP contribution in [0, 0.1) is 0 Å². The first-order valence-corrected chi connectivity index (χ1v) is 7.27. The van der Waals surface area contributed by atoms with E-state index < -0.39 is 0 Å². The van der Waals surface area contributed by atoms with Gasteiger partial charge >= 0.3 is 0 Å². The van der Waals surface area contributed by atoms with Crippen LogP contribution in [0.25, 0.3) is 11.0 Å². The molecular formula is C16H22N2O. The molecule has 0 spiro atoms. The number of hydrogen-bond donors (Lipinski definition) is 1. The summed E-state index contributed by atoms with van der Waals surface area (Å²) in [5, 5.41) is 4.74. The monoisotopic (exact) mass is 258 g/mol. The van der Waals surface area contributed by atoms with Crippen molar-refractivity contribution in [3.63, 3.8) is 0 Å². The molecule has 1 unspecified atom stereocenters. The van der Waals surface area contributed by atoms with Crippen LogP contribution in [0.5, 0.6) is 0 Å². The van der Waals surface area contributed by atoms with Crippen molar-refractivity contribution in [3.05, 3.63) is 36.1 Å². The Hall–Kier alpha value is -1.32. The van der Waals surface area contributed by atoms with E-state index in [-0.39, 0.29) is 6.04 Å². The number of para-hydroxylation sites is 1. The van der Waals surface area contributed by atoms with Crippen LogP contribution in [0.4, 0.5) is 0 Å². The Balaban J connectivity index is 1.55. The van der Waals surface area contributed by atoms with Gasteiger partial charge in [-0.3, -0.25) is 0 Å². The first-order valence-electron chi connectivity index (χ1n) is 7.27. The summed E-state index contributed by atoms with van der Waals surface area (Å²) in [6.07, 6.45) is 2.72. The van der Waals surface area contributed by atoms with Crippen molar-refractivity contribution in [2.24, 2.45) is 0 Å². The molecule has 3 rings (SSSR count). The van der Waals surface area contributed by atoms with Crippen molar-refractivity contribution in [3.8, 4) is 0 Å². The van der Waals surface area contributed by atoms with Gasteiger partial charge in [0.15, 0.2) is 0 Å². The quantitative estimate of drug-likeness (QED) is 0.893. The highest BCUT2D eigenvalue weighted by Gasteiger charge is 2.13. The zero-order valence-corrected chi connectivity index (χ0v) is 11.6. The number of nitrogens with one attached hydrogen (secondary N) is 1. The molecule has 2 heterocycles. The molecule has 1 aromatic heterocycles. The SMILES string of the molecule is CC(NCCN1CCCC1)c1cc2ccccc2o1. The third-order valence-corrected chi connectivity index (χ3v) is 3.95. The van der Waals surface area contributed by atoms with Gasteiger partial charge in [0.1, 0.15) is 11.3 Å². The lowest BCUT2D eigenvalue weighted by atomic mass is 10.2. The lowest BCUT2D eigenvalue weighted by molar-refractivity contribution is 0.324. The number of benzene rings is 1. The van der Waals surface area contributed by atoms with Crippen molar-refractivity contribution in [2.75, 3.05) is 26.2 Å². The predicted molar refractivity (Wildman–Crippen MR) is 78.3 cm³/mol.